The largest absolute Gasteiger partial charge is 0.269 e. The van der Waals surface area contributed by atoms with Crippen molar-refractivity contribution in [3.8, 4) is 0 Å². The first kappa shape index (κ1) is 13.6. The summed E-state index contributed by atoms with van der Waals surface area (Å²) < 4.78 is 0. The normalized spacial score (nSPS) is 13.4. The molecule has 0 bridgehead atoms. The van der Waals surface area contributed by atoms with Crippen LogP contribution in [0.25, 0.3) is 5.57 Å². The number of nitrogens with zero attached hydrogens (tertiary/aromatic N) is 1. The van der Waals surface area contributed by atoms with Gasteiger partial charge in [-0.25, -0.2) is 0 Å². The molecule has 0 radical (unpaired) electrons. The molecular weight excluding hydrogens is 262 g/mol. The molecule has 1 aliphatic carbocycles. The lowest BCUT2D eigenvalue weighted by Crippen LogP contribution is -1.93. The first-order valence-corrected chi connectivity index (χ1v) is 7.21. The van der Waals surface area contributed by atoms with Crippen LogP contribution >= 0.6 is 0 Å². The Balaban J connectivity index is 1.91. The molecule has 0 aliphatic heterocycles. The van der Waals surface area contributed by atoms with Crippen molar-refractivity contribution >= 4 is 11.3 Å². The van der Waals surface area contributed by atoms with Gasteiger partial charge in [0.15, 0.2) is 0 Å². The maximum absolute atomic E-state index is 10.7. The van der Waals surface area contributed by atoms with Gasteiger partial charge >= 0.3 is 0 Å². The van der Waals surface area contributed by atoms with Gasteiger partial charge in [0.1, 0.15) is 0 Å². The third-order valence-electron chi connectivity index (χ3n) is 4.13. The van der Waals surface area contributed by atoms with Gasteiger partial charge in [-0.1, -0.05) is 48.9 Å². The lowest BCUT2D eigenvalue weighted by atomic mass is 9.97. The molecule has 21 heavy (non-hydrogen) atoms. The maximum Gasteiger partial charge on any atom is 0.269 e. The summed E-state index contributed by atoms with van der Waals surface area (Å²) in [5.41, 5.74) is 6.88. The van der Waals surface area contributed by atoms with Gasteiger partial charge in [0.2, 0.25) is 0 Å². The van der Waals surface area contributed by atoms with Crippen molar-refractivity contribution in [1.82, 2.24) is 0 Å². The Labute approximate surface area is 124 Å². The van der Waals surface area contributed by atoms with Crippen LogP contribution in [0.1, 0.15) is 30.0 Å². The molecule has 0 saturated heterocycles. The fourth-order valence-electron chi connectivity index (χ4n) is 2.99. The molecule has 0 heterocycles. The quantitative estimate of drug-likeness (QED) is 0.608. The zero-order valence-electron chi connectivity index (χ0n) is 12.0. The number of allylic oxidation sites excluding steroid dienone is 2. The van der Waals surface area contributed by atoms with E-state index in [4.69, 9.17) is 0 Å². The van der Waals surface area contributed by atoms with Crippen molar-refractivity contribution in [3.63, 3.8) is 0 Å². The van der Waals surface area contributed by atoms with Crippen molar-refractivity contribution in [3.05, 3.63) is 80.9 Å². The van der Waals surface area contributed by atoms with Gasteiger partial charge in [0, 0.05) is 12.1 Å². The SMILES string of the molecule is CCC1=C(Cc2ccc([N+](=O)[O-])cc2)c2ccccc2C1. The van der Waals surface area contributed by atoms with E-state index < -0.39 is 0 Å². The average Bonchev–Trinajstić information content (AvgIpc) is 2.86. The number of nitro benzene ring substituents is 1. The van der Waals surface area contributed by atoms with Crippen LogP contribution in [0.3, 0.4) is 0 Å². The van der Waals surface area contributed by atoms with E-state index in [-0.39, 0.29) is 10.6 Å². The number of hydrogen-bond donors (Lipinski definition) is 0. The van der Waals surface area contributed by atoms with Crippen LogP contribution in [0, 0.1) is 10.1 Å². The molecule has 3 nitrogen and oxygen atoms in total. The standard InChI is InChI=1S/C18H17NO2/c1-2-14-12-15-5-3-4-6-17(15)18(14)11-13-7-9-16(10-8-13)19(20)21/h3-10H,2,11-12H2,1H3. The Morgan fingerprint density at radius 1 is 1.10 bits per heavy atom. The third kappa shape index (κ3) is 2.59. The maximum atomic E-state index is 10.7. The minimum Gasteiger partial charge on any atom is -0.258 e. The zero-order valence-corrected chi connectivity index (χ0v) is 12.0. The van der Waals surface area contributed by atoms with E-state index >= 15 is 0 Å². The molecule has 0 unspecified atom stereocenters. The molecule has 2 aromatic carbocycles. The lowest BCUT2D eigenvalue weighted by Gasteiger charge is -2.08. The second kappa shape index (κ2) is 5.52. The van der Waals surface area contributed by atoms with Gasteiger partial charge in [0.25, 0.3) is 5.69 Å². The predicted molar refractivity (Wildman–Crippen MR) is 84.2 cm³/mol. The van der Waals surface area contributed by atoms with Crippen molar-refractivity contribution in [2.24, 2.45) is 0 Å². The molecule has 2 aromatic rings. The molecular formula is C18H17NO2. The summed E-state index contributed by atoms with van der Waals surface area (Å²) in [5, 5.41) is 10.7. The monoisotopic (exact) mass is 279 g/mol. The van der Waals surface area contributed by atoms with E-state index in [0.717, 1.165) is 24.8 Å². The predicted octanol–water partition coefficient (Wildman–Crippen LogP) is 4.56. The average molecular weight is 279 g/mol. The minimum absolute atomic E-state index is 0.148. The van der Waals surface area contributed by atoms with E-state index in [1.54, 1.807) is 12.1 Å². The molecule has 0 aromatic heterocycles. The number of benzene rings is 2. The molecule has 1 aliphatic rings. The van der Waals surface area contributed by atoms with Crippen LogP contribution in [0.2, 0.25) is 0 Å². The Morgan fingerprint density at radius 3 is 2.48 bits per heavy atom. The molecule has 106 valence electrons. The summed E-state index contributed by atoms with van der Waals surface area (Å²) in [7, 11) is 0. The highest BCUT2D eigenvalue weighted by Gasteiger charge is 2.20. The highest BCUT2D eigenvalue weighted by atomic mass is 16.6. The van der Waals surface area contributed by atoms with Crippen LogP contribution in [-0.4, -0.2) is 4.92 Å². The molecule has 0 spiro atoms. The van der Waals surface area contributed by atoms with Gasteiger partial charge in [-0.05, 0) is 41.5 Å². The molecule has 0 fully saturated rings. The van der Waals surface area contributed by atoms with Crippen molar-refractivity contribution < 1.29 is 4.92 Å². The summed E-state index contributed by atoms with van der Waals surface area (Å²) in [5.74, 6) is 0. The third-order valence-corrected chi connectivity index (χ3v) is 4.13. The first-order chi connectivity index (χ1) is 10.2. The van der Waals surface area contributed by atoms with Crippen LogP contribution < -0.4 is 0 Å². The van der Waals surface area contributed by atoms with Crippen LogP contribution in [-0.2, 0) is 12.8 Å². The minimum atomic E-state index is -0.356. The Hall–Kier alpha value is -2.42. The molecule has 0 N–H and O–H groups in total. The summed E-state index contributed by atoms with van der Waals surface area (Å²) in [6, 6.07) is 15.4. The van der Waals surface area contributed by atoms with Gasteiger partial charge < -0.3 is 0 Å². The number of hydrogen-bond acceptors (Lipinski definition) is 2. The first-order valence-electron chi connectivity index (χ1n) is 7.21. The van der Waals surface area contributed by atoms with Gasteiger partial charge in [0.05, 0.1) is 4.92 Å². The fourth-order valence-corrected chi connectivity index (χ4v) is 2.99. The molecule has 0 saturated carbocycles. The highest BCUT2D eigenvalue weighted by molar-refractivity contribution is 5.77. The highest BCUT2D eigenvalue weighted by Crippen LogP contribution is 2.36. The molecule has 0 amide bonds. The number of rotatable bonds is 4. The van der Waals surface area contributed by atoms with Crippen LogP contribution in [0.5, 0.6) is 0 Å². The van der Waals surface area contributed by atoms with Crippen LogP contribution in [0.15, 0.2) is 54.1 Å². The lowest BCUT2D eigenvalue weighted by molar-refractivity contribution is -0.384. The smallest absolute Gasteiger partial charge is 0.258 e. The van der Waals surface area contributed by atoms with Gasteiger partial charge in [-0.15, -0.1) is 0 Å². The zero-order chi connectivity index (χ0) is 14.8. The van der Waals surface area contributed by atoms with E-state index in [2.05, 4.69) is 31.2 Å². The van der Waals surface area contributed by atoms with E-state index in [1.165, 1.54) is 22.3 Å². The van der Waals surface area contributed by atoms with Crippen molar-refractivity contribution in [2.75, 3.05) is 0 Å². The second-order valence-electron chi connectivity index (χ2n) is 5.37. The summed E-state index contributed by atoms with van der Waals surface area (Å²) in [6.07, 6.45) is 2.93. The Bertz CT molecular complexity index is 714. The molecule has 0 atom stereocenters. The molecule has 3 rings (SSSR count). The number of non-ortho nitro benzene ring substituents is 1. The van der Waals surface area contributed by atoms with Crippen molar-refractivity contribution in [1.29, 1.82) is 0 Å². The number of fused-ring (bicyclic) bond motifs is 1. The van der Waals surface area contributed by atoms with Gasteiger partial charge in [-0.2, -0.15) is 0 Å². The Kier molecular flexibility index (Phi) is 3.57. The van der Waals surface area contributed by atoms with E-state index in [0.29, 0.717) is 0 Å². The Morgan fingerprint density at radius 2 is 1.81 bits per heavy atom. The van der Waals surface area contributed by atoms with E-state index in [1.807, 2.05) is 12.1 Å². The molecule has 3 heteroatoms. The summed E-state index contributed by atoms with van der Waals surface area (Å²) in [6.45, 7) is 2.19. The van der Waals surface area contributed by atoms with Crippen molar-refractivity contribution in [2.45, 2.75) is 26.2 Å². The summed E-state index contributed by atoms with van der Waals surface area (Å²) >= 11 is 0. The summed E-state index contributed by atoms with van der Waals surface area (Å²) in [4.78, 5) is 10.4. The fraction of sp³-hybridized carbons (Fsp3) is 0.222. The topological polar surface area (TPSA) is 43.1 Å². The van der Waals surface area contributed by atoms with E-state index in [9.17, 15) is 10.1 Å². The second-order valence-corrected chi connectivity index (χ2v) is 5.37. The van der Waals surface area contributed by atoms with Crippen LogP contribution in [0.4, 0.5) is 5.69 Å². The number of nitro groups is 1. The van der Waals surface area contributed by atoms with Gasteiger partial charge in [-0.3, -0.25) is 10.1 Å².